The molecule has 1 aliphatic rings. The van der Waals surface area contributed by atoms with Crippen LogP contribution in [0.1, 0.15) is 51.5 Å². The number of carbonyl (C=O) groups excluding carboxylic acids is 5. The number of nitrogens with one attached hydrogen (secondary N) is 4. The van der Waals surface area contributed by atoms with E-state index in [1.165, 1.54) is 24.0 Å². The molecule has 1 atom stereocenters. The second-order valence-corrected chi connectivity index (χ2v) is 13.7. The summed E-state index contributed by atoms with van der Waals surface area (Å²) in [5, 5.41) is 7.98. The van der Waals surface area contributed by atoms with Gasteiger partial charge < -0.3 is 44.9 Å². The molecule has 17 heteroatoms. The van der Waals surface area contributed by atoms with Crippen LogP contribution < -0.4 is 16.0 Å². The van der Waals surface area contributed by atoms with Crippen molar-refractivity contribution in [1.29, 1.82) is 0 Å². The molecule has 1 saturated heterocycles. The van der Waals surface area contributed by atoms with Gasteiger partial charge in [0.15, 0.2) is 0 Å². The normalized spacial score (nSPS) is 14.3. The number of ether oxygens (including phenoxy) is 3. The summed E-state index contributed by atoms with van der Waals surface area (Å²) >= 11 is 0. The number of aromatic amines is 1. The topological polar surface area (TPSA) is 200 Å². The number of hydrogen-bond acceptors (Lipinski definition) is 11. The summed E-state index contributed by atoms with van der Waals surface area (Å²) in [5.74, 6) is -0.168. The van der Waals surface area contributed by atoms with Crippen LogP contribution in [-0.2, 0) is 23.8 Å². The van der Waals surface area contributed by atoms with Crippen LogP contribution in [0.5, 0.6) is 0 Å². The zero-order valence-corrected chi connectivity index (χ0v) is 32.9. The van der Waals surface area contributed by atoms with E-state index in [2.05, 4.69) is 40.4 Å². The number of amides is 5. The van der Waals surface area contributed by atoms with E-state index in [4.69, 9.17) is 4.74 Å². The molecule has 3 aromatic rings. The van der Waals surface area contributed by atoms with E-state index in [9.17, 15) is 24.0 Å². The molecule has 0 aliphatic carbocycles. The first kappa shape index (κ1) is 42.4. The maximum Gasteiger partial charge on any atom is 0.411 e. The fourth-order valence-corrected chi connectivity index (χ4v) is 5.73. The van der Waals surface area contributed by atoms with Gasteiger partial charge in [-0.3, -0.25) is 19.5 Å². The van der Waals surface area contributed by atoms with E-state index in [0.717, 1.165) is 40.1 Å². The van der Waals surface area contributed by atoms with E-state index in [1.807, 2.05) is 62.5 Å². The van der Waals surface area contributed by atoms with Crippen LogP contribution in [0.2, 0.25) is 0 Å². The molecule has 4 rings (SSSR count). The average Bonchev–Trinajstić information content (AvgIpc) is 3.87. The van der Waals surface area contributed by atoms with E-state index < -0.39 is 35.8 Å². The molecule has 4 N–H and O–H groups in total. The number of alkyl carbamates (subject to hydrolysis) is 2. The average molecular weight is 774 g/mol. The van der Waals surface area contributed by atoms with Crippen molar-refractivity contribution in [2.24, 2.45) is 4.99 Å². The van der Waals surface area contributed by atoms with E-state index in [-0.39, 0.29) is 32.2 Å². The molecule has 56 heavy (non-hydrogen) atoms. The fourth-order valence-electron chi connectivity index (χ4n) is 5.73. The molecule has 300 valence electrons. The number of carbonyl (C=O) groups is 5. The third-order valence-corrected chi connectivity index (χ3v) is 8.57. The lowest BCUT2D eigenvalue weighted by Crippen LogP contribution is -2.42. The molecule has 2 aromatic carbocycles. The maximum atomic E-state index is 13.2. The molecule has 17 nitrogen and oxygen atoms in total. The minimum Gasteiger partial charge on any atom is -0.453 e. The number of benzene rings is 2. The van der Waals surface area contributed by atoms with Crippen LogP contribution in [-0.4, -0.2) is 127 Å². The third kappa shape index (κ3) is 11.8. The summed E-state index contributed by atoms with van der Waals surface area (Å²) in [6.07, 6.45) is 3.82. The monoisotopic (exact) mass is 773 g/mol. The van der Waals surface area contributed by atoms with Gasteiger partial charge in [-0.05, 0) is 49.4 Å². The van der Waals surface area contributed by atoms with Crippen molar-refractivity contribution in [3.63, 3.8) is 0 Å². The van der Waals surface area contributed by atoms with Crippen molar-refractivity contribution in [2.75, 3.05) is 60.7 Å². The first-order valence-corrected chi connectivity index (χ1v) is 18.1. The minimum absolute atomic E-state index is 0.0392. The number of aliphatic imine (C=N–C) groups is 1. The second-order valence-electron chi connectivity index (χ2n) is 13.7. The van der Waals surface area contributed by atoms with Gasteiger partial charge in [-0.25, -0.2) is 19.4 Å². The predicted octanol–water partition coefficient (Wildman–Crippen LogP) is 4.36. The Kier molecular flexibility index (Phi) is 15.0. The van der Waals surface area contributed by atoms with Crippen LogP contribution in [0.3, 0.4) is 0 Å². The number of rotatable bonds is 14. The molecule has 0 bridgehead atoms. The third-order valence-electron chi connectivity index (χ3n) is 8.57. The highest BCUT2D eigenvalue weighted by atomic mass is 16.6. The summed E-state index contributed by atoms with van der Waals surface area (Å²) in [7, 11) is 4.26. The van der Waals surface area contributed by atoms with Crippen LogP contribution in [0.4, 0.5) is 14.4 Å². The Morgan fingerprint density at radius 3 is 2.14 bits per heavy atom. The smallest absolute Gasteiger partial charge is 0.411 e. The summed E-state index contributed by atoms with van der Waals surface area (Å²) in [4.78, 5) is 78.4. The molecule has 0 radical (unpaired) electrons. The fraction of sp³-hybridized carbons (Fsp3) is 0.410. The van der Waals surface area contributed by atoms with Crippen molar-refractivity contribution < 1.29 is 38.2 Å². The Bertz CT molecular complexity index is 1880. The second kappa shape index (κ2) is 19.8. The van der Waals surface area contributed by atoms with Gasteiger partial charge in [-0.1, -0.05) is 55.5 Å². The Morgan fingerprint density at radius 1 is 0.946 bits per heavy atom. The first-order valence-electron chi connectivity index (χ1n) is 18.1. The van der Waals surface area contributed by atoms with Crippen molar-refractivity contribution in [3.8, 4) is 22.4 Å². The number of imidazole rings is 1. The molecular weight excluding hydrogens is 722 g/mol. The highest BCUT2D eigenvalue weighted by molar-refractivity contribution is 5.85. The molecular formula is C39H51N9O8. The van der Waals surface area contributed by atoms with Crippen LogP contribution in [0, 0.1) is 0 Å². The molecule has 1 aliphatic heterocycles. The van der Waals surface area contributed by atoms with Crippen LogP contribution >= 0.6 is 0 Å². The van der Waals surface area contributed by atoms with E-state index >= 15 is 0 Å². The highest BCUT2D eigenvalue weighted by Gasteiger charge is 2.40. The van der Waals surface area contributed by atoms with Gasteiger partial charge in [0.05, 0.1) is 57.8 Å². The number of aromatic nitrogens is 2. The van der Waals surface area contributed by atoms with Gasteiger partial charge in [0.1, 0.15) is 30.6 Å². The minimum atomic E-state index is -0.742. The Morgan fingerprint density at radius 2 is 1.55 bits per heavy atom. The SMILES string of the molecule is CCCN(CC=N/C=C(\NC)c1ccc(-c2ccc(-c3cnc([C@@H]4CN(C(=O)OC(C)(C)C)CN4C(=O)CNC(=O)OC)[nH]3)cc2)cc1)C(=O)CNC(=O)OC. The lowest BCUT2D eigenvalue weighted by molar-refractivity contribution is -0.131. The summed E-state index contributed by atoms with van der Waals surface area (Å²) in [6, 6.07) is 15.3. The van der Waals surface area contributed by atoms with Gasteiger partial charge in [0.2, 0.25) is 11.8 Å². The van der Waals surface area contributed by atoms with Gasteiger partial charge in [-0.2, -0.15) is 0 Å². The zero-order chi connectivity index (χ0) is 40.8. The molecule has 1 aromatic heterocycles. The van der Waals surface area contributed by atoms with Gasteiger partial charge >= 0.3 is 18.3 Å². The van der Waals surface area contributed by atoms with Crippen molar-refractivity contribution in [2.45, 2.75) is 45.8 Å². The molecule has 2 heterocycles. The van der Waals surface area contributed by atoms with E-state index in [0.29, 0.717) is 18.9 Å². The maximum absolute atomic E-state index is 13.2. The Hall–Kier alpha value is -6.39. The van der Waals surface area contributed by atoms with Crippen molar-refractivity contribution >= 4 is 42.0 Å². The van der Waals surface area contributed by atoms with Crippen LogP contribution in [0.15, 0.2) is 65.9 Å². The highest BCUT2D eigenvalue weighted by Crippen LogP contribution is 2.30. The number of H-pyrrole nitrogens is 1. The number of methoxy groups -OCH3 is 2. The van der Waals surface area contributed by atoms with Gasteiger partial charge in [0, 0.05) is 19.8 Å². The number of nitrogens with zero attached hydrogens (tertiary/aromatic N) is 5. The molecule has 0 unspecified atom stereocenters. The largest absolute Gasteiger partial charge is 0.453 e. The quantitative estimate of drug-likeness (QED) is 0.135. The molecule has 5 amide bonds. The molecule has 1 fully saturated rings. The molecule has 0 saturated carbocycles. The Balaban J connectivity index is 1.43. The summed E-state index contributed by atoms with van der Waals surface area (Å²) in [6.45, 7) is 7.72. The van der Waals surface area contributed by atoms with Crippen molar-refractivity contribution in [3.05, 3.63) is 72.3 Å². The summed E-state index contributed by atoms with van der Waals surface area (Å²) in [5.41, 5.74) is 4.58. The standard InChI is InChI=1S/C39H51N9O8/c1-8-18-46(33(49)22-43-36(51)54-6)19-17-41-20-30(40-5)28-13-9-26(10-14-28)27-11-15-29(16-12-27)31-21-42-35(45-31)32-24-47(38(53)56-39(2,3)4)25-48(32)34(50)23-44-37(52)55-7/h9-17,20-21,32,40H,8,18-19,22-25H2,1-7H3,(H,42,45)(H,43,51)(H,44,52)/b30-20-,41-17?/t32-/m0/s1. The first-order chi connectivity index (χ1) is 26.8. The van der Waals surface area contributed by atoms with Crippen molar-refractivity contribution in [1.82, 2.24) is 40.6 Å². The van der Waals surface area contributed by atoms with Gasteiger partial charge in [0.25, 0.3) is 0 Å². The zero-order valence-electron chi connectivity index (χ0n) is 32.9. The lowest BCUT2D eigenvalue weighted by Gasteiger charge is -2.24. The van der Waals surface area contributed by atoms with E-state index in [1.54, 1.807) is 44.3 Å². The predicted molar refractivity (Wildman–Crippen MR) is 210 cm³/mol. The van der Waals surface area contributed by atoms with Gasteiger partial charge in [-0.15, -0.1) is 0 Å². The van der Waals surface area contributed by atoms with Crippen LogP contribution in [0.25, 0.3) is 28.1 Å². The molecule has 0 spiro atoms. The summed E-state index contributed by atoms with van der Waals surface area (Å²) < 4.78 is 14.7. The lowest BCUT2D eigenvalue weighted by atomic mass is 10.0. The number of hydrogen-bond donors (Lipinski definition) is 4. The Labute approximate surface area is 326 Å².